The van der Waals surface area contributed by atoms with Crippen molar-refractivity contribution in [3.8, 4) is 0 Å². The number of nitrogens with one attached hydrogen (secondary N) is 1. The molecule has 8 heteroatoms. The standard InChI is InChI=1S/C20H29N3O5/c1-20(2,3)28-19(26)23-13-11-22(12-14-23)16-8-6-5-7-15(16)21-17(24)9-10-18(25)27-4/h5-8H,9-14H2,1-4H3,(H,21,24). The van der Waals surface area contributed by atoms with Crippen molar-refractivity contribution in [2.24, 2.45) is 0 Å². The maximum atomic E-state index is 12.2. The van der Waals surface area contributed by atoms with Gasteiger partial charge in [0.15, 0.2) is 0 Å². The molecule has 0 saturated carbocycles. The van der Waals surface area contributed by atoms with Crippen molar-refractivity contribution >= 4 is 29.3 Å². The number of para-hydroxylation sites is 2. The molecule has 1 N–H and O–H groups in total. The number of carbonyl (C=O) groups is 3. The van der Waals surface area contributed by atoms with Crippen molar-refractivity contribution in [2.45, 2.75) is 39.2 Å². The fourth-order valence-corrected chi connectivity index (χ4v) is 2.84. The number of piperazine rings is 1. The van der Waals surface area contributed by atoms with Crippen LogP contribution in [0.3, 0.4) is 0 Å². The number of hydrogen-bond donors (Lipinski definition) is 1. The van der Waals surface area contributed by atoms with E-state index in [1.54, 1.807) is 4.90 Å². The number of methoxy groups -OCH3 is 1. The Morgan fingerprint density at radius 3 is 2.29 bits per heavy atom. The number of benzene rings is 1. The van der Waals surface area contributed by atoms with Gasteiger partial charge in [0.25, 0.3) is 0 Å². The molecule has 1 aliphatic rings. The molecule has 0 radical (unpaired) electrons. The summed E-state index contributed by atoms with van der Waals surface area (Å²) in [5.74, 6) is -0.660. The molecule has 1 aromatic rings. The molecule has 0 spiro atoms. The van der Waals surface area contributed by atoms with Gasteiger partial charge in [0.05, 0.1) is 24.9 Å². The number of rotatable bonds is 5. The SMILES string of the molecule is COC(=O)CCC(=O)Nc1ccccc1N1CCN(C(=O)OC(C)(C)C)CC1. The minimum atomic E-state index is -0.519. The minimum Gasteiger partial charge on any atom is -0.469 e. The van der Waals surface area contributed by atoms with Crippen LogP contribution in [0.1, 0.15) is 33.6 Å². The minimum absolute atomic E-state index is 0.0407. The van der Waals surface area contributed by atoms with Crippen LogP contribution in [0.25, 0.3) is 0 Å². The first-order valence-corrected chi connectivity index (χ1v) is 9.38. The number of esters is 1. The van der Waals surface area contributed by atoms with Gasteiger partial charge in [-0.05, 0) is 32.9 Å². The first-order valence-electron chi connectivity index (χ1n) is 9.38. The lowest BCUT2D eigenvalue weighted by molar-refractivity contribution is -0.141. The summed E-state index contributed by atoms with van der Waals surface area (Å²) in [6.45, 7) is 7.89. The highest BCUT2D eigenvalue weighted by Crippen LogP contribution is 2.27. The Bertz CT molecular complexity index is 706. The summed E-state index contributed by atoms with van der Waals surface area (Å²) < 4.78 is 9.98. The predicted octanol–water partition coefficient (Wildman–Crippen LogP) is 2.64. The molecule has 0 unspecified atom stereocenters. The molecule has 1 heterocycles. The third kappa shape index (κ3) is 6.44. The second-order valence-corrected chi connectivity index (χ2v) is 7.60. The molecule has 1 aliphatic heterocycles. The highest BCUT2D eigenvalue weighted by atomic mass is 16.6. The maximum Gasteiger partial charge on any atom is 0.410 e. The lowest BCUT2D eigenvalue weighted by Crippen LogP contribution is -2.50. The normalized spacial score (nSPS) is 14.4. The van der Waals surface area contributed by atoms with Crippen molar-refractivity contribution in [3.05, 3.63) is 24.3 Å². The smallest absolute Gasteiger partial charge is 0.410 e. The molecule has 154 valence electrons. The van der Waals surface area contributed by atoms with Gasteiger partial charge in [0.2, 0.25) is 5.91 Å². The van der Waals surface area contributed by atoms with E-state index in [1.807, 2.05) is 45.0 Å². The van der Waals surface area contributed by atoms with Crippen LogP contribution in [-0.2, 0) is 19.1 Å². The van der Waals surface area contributed by atoms with Crippen LogP contribution in [-0.4, -0.2) is 61.8 Å². The molecule has 1 fully saturated rings. The Labute approximate surface area is 165 Å². The van der Waals surface area contributed by atoms with E-state index in [-0.39, 0.29) is 24.8 Å². The zero-order valence-electron chi connectivity index (χ0n) is 17.0. The van der Waals surface area contributed by atoms with Crippen LogP contribution < -0.4 is 10.2 Å². The zero-order valence-corrected chi connectivity index (χ0v) is 17.0. The molecular formula is C20H29N3O5. The summed E-state index contributed by atoms with van der Waals surface area (Å²) in [5, 5.41) is 2.86. The highest BCUT2D eigenvalue weighted by Gasteiger charge is 2.26. The fourth-order valence-electron chi connectivity index (χ4n) is 2.84. The Morgan fingerprint density at radius 1 is 1.04 bits per heavy atom. The third-order valence-corrected chi connectivity index (χ3v) is 4.23. The van der Waals surface area contributed by atoms with Gasteiger partial charge < -0.3 is 24.6 Å². The second kappa shape index (κ2) is 9.43. The van der Waals surface area contributed by atoms with E-state index < -0.39 is 11.6 Å². The number of carbonyl (C=O) groups excluding carboxylic acids is 3. The van der Waals surface area contributed by atoms with Crippen LogP contribution >= 0.6 is 0 Å². The van der Waals surface area contributed by atoms with Crippen molar-refractivity contribution in [2.75, 3.05) is 43.5 Å². The van der Waals surface area contributed by atoms with Crippen LogP contribution in [0, 0.1) is 0 Å². The van der Waals surface area contributed by atoms with E-state index in [1.165, 1.54) is 7.11 Å². The summed E-state index contributed by atoms with van der Waals surface area (Å²) in [6.07, 6.45) is -0.205. The maximum absolute atomic E-state index is 12.2. The van der Waals surface area contributed by atoms with Crippen LogP contribution in [0.15, 0.2) is 24.3 Å². The quantitative estimate of drug-likeness (QED) is 0.777. The summed E-state index contributed by atoms with van der Waals surface area (Å²) in [6, 6.07) is 7.50. The first kappa shape index (κ1) is 21.5. The van der Waals surface area contributed by atoms with Gasteiger partial charge in [0, 0.05) is 32.6 Å². The zero-order chi connectivity index (χ0) is 20.7. The molecule has 28 heavy (non-hydrogen) atoms. The Morgan fingerprint density at radius 2 is 1.68 bits per heavy atom. The van der Waals surface area contributed by atoms with Gasteiger partial charge >= 0.3 is 12.1 Å². The number of ether oxygens (including phenoxy) is 2. The van der Waals surface area contributed by atoms with Gasteiger partial charge in [-0.15, -0.1) is 0 Å². The highest BCUT2D eigenvalue weighted by molar-refractivity contribution is 5.95. The number of amides is 2. The van der Waals surface area contributed by atoms with E-state index in [0.29, 0.717) is 31.9 Å². The Hall–Kier alpha value is -2.77. The average molecular weight is 391 g/mol. The average Bonchev–Trinajstić information content (AvgIpc) is 2.65. The molecule has 2 rings (SSSR count). The lowest BCUT2D eigenvalue weighted by Gasteiger charge is -2.37. The summed E-state index contributed by atoms with van der Waals surface area (Å²) in [7, 11) is 1.30. The first-order chi connectivity index (χ1) is 13.2. The number of anilines is 2. The van der Waals surface area contributed by atoms with Gasteiger partial charge in [0.1, 0.15) is 5.60 Å². The molecule has 0 bridgehead atoms. The van der Waals surface area contributed by atoms with Crippen LogP contribution in [0.4, 0.5) is 16.2 Å². The molecule has 8 nitrogen and oxygen atoms in total. The molecule has 2 amide bonds. The van der Waals surface area contributed by atoms with E-state index in [9.17, 15) is 14.4 Å². The molecule has 0 aliphatic carbocycles. The van der Waals surface area contributed by atoms with E-state index in [2.05, 4.69) is 15.0 Å². The predicted molar refractivity (Wildman–Crippen MR) is 106 cm³/mol. The molecule has 0 aromatic heterocycles. The van der Waals surface area contributed by atoms with Crippen molar-refractivity contribution < 1.29 is 23.9 Å². The molecule has 0 atom stereocenters. The van der Waals surface area contributed by atoms with Gasteiger partial charge in [-0.1, -0.05) is 12.1 Å². The topological polar surface area (TPSA) is 88.2 Å². The van der Waals surface area contributed by atoms with E-state index >= 15 is 0 Å². The van der Waals surface area contributed by atoms with Gasteiger partial charge in [-0.2, -0.15) is 0 Å². The number of nitrogens with zero attached hydrogens (tertiary/aromatic N) is 2. The second-order valence-electron chi connectivity index (χ2n) is 7.60. The Kier molecular flexibility index (Phi) is 7.25. The number of hydrogen-bond acceptors (Lipinski definition) is 6. The van der Waals surface area contributed by atoms with E-state index in [4.69, 9.17) is 4.74 Å². The summed E-state index contributed by atoms with van der Waals surface area (Å²) >= 11 is 0. The van der Waals surface area contributed by atoms with E-state index in [0.717, 1.165) is 5.69 Å². The third-order valence-electron chi connectivity index (χ3n) is 4.23. The Balaban J connectivity index is 1.95. The van der Waals surface area contributed by atoms with Crippen molar-refractivity contribution in [3.63, 3.8) is 0 Å². The fraction of sp³-hybridized carbons (Fsp3) is 0.550. The van der Waals surface area contributed by atoms with Crippen LogP contribution in [0.5, 0.6) is 0 Å². The summed E-state index contributed by atoms with van der Waals surface area (Å²) in [5.41, 5.74) is 1.05. The van der Waals surface area contributed by atoms with Gasteiger partial charge in [-0.3, -0.25) is 9.59 Å². The lowest BCUT2D eigenvalue weighted by atomic mass is 10.2. The molecule has 1 saturated heterocycles. The van der Waals surface area contributed by atoms with Crippen LogP contribution in [0.2, 0.25) is 0 Å². The monoisotopic (exact) mass is 391 g/mol. The van der Waals surface area contributed by atoms with Crippen molar-refractivity contribution in [1.29, 1.82) is 0 Å². The largest absolute Gasteiger partial charge is 0.469 e. The van der Waals surface area contributed by atoms with Crippen molar-refractivity contribution in [1.82, 2.24) is 4.90 Å². The summed E-state index contributed by atoms with van der Waals surface area (Å²) in [4.78, 5) is 39.4. The van der Waals surface area contributed by atoms with Gasteiger partial charge in [-0.25, -0.2) is 4.79 Å². The molecule has 1 aromatic carbocycles. The molecular weight excluding hydrogens is 362 g/mol.